The topological polar surface area (TPSA) is 58.1 Å². The van der Waals surface area contributed by atoms with Crippen LogP contribution in [0.15, 0.2) is 132 Å². The maximum absolute atomic E-state index is 13.8. The number of carbonyl (C=O) groups is 1. The van der Waals surface area contributed by atoms with Crippen molar-refractivity contribution in [1.82, 2.24) is 4.57 Å². The molecule has 0 radical (unpaired) electrons. The number of carbonyl (C=O) groups excluding carboxylic acids is 1. The van der Waals surface area contributed by atoms with E-state index in [1.54, 1.807) is 0 Å². The Kier molecular flexibility index (Phi) is 8.21. The molecule has 0 aliphatic heterocycles. The normalized spacial score (nSPS) is 11.7. The minimum absolute atomic E-state index is 0.0692. The van der Waals surface area contributed by atoms with E-state index in [1.165, 1.54) is 22.7 Å². The number of amides is 1. The minimum Gasteiger partial charge on any atom is -0.341 e. The zero-order chi connectivity index (χ0) is 28.9. The monoisotopic (exact) mass is 586 g/mol. The quantitative estimate of drug-likeness (QED) is 0.123. The summed E-state index contributed by atoms with van der Waals surface area (Å²) in [6.45, 7) is 3.04. The van der Waals surface area contributed by atoms with Gasteiger partial charge in [0.15, 0.2) is 5.11 Å². The number of hydrogen-bond donors (Lipinski definition) is 3. The van der Waals surface area contributed by atoms with Crippen molar-refractivity contribution in [3.05, 3.63) is 133 Å². The Morgan fingerprint density at radius 3 is 2.00 bits per heavy atom. The molecule has 6 aromatic rings. The van der Waals surface area contributed by atoms with Gasteiger partial charge in [0, 0.05) is 50.3 Å². The van der Waals surface area contributed by atoms with Crippen molar-refractivity contribution in [3.8, 4) is 0 Å². The Labute approximate surface area is 255 Å². The summed E-state index contributed by atoms with van der Waals surface area (Å²) >= 11 is 6.98. The number of thioether (sulfide) groups is 1. The molecule has 0 spiro atoms. The number of nitrogens with zero attached hydrogens (tertiary/aromatic N) is 1. The fourth-order valence-electron chi connectivity index (χ4n) is 5.15. The molecule has 0 saturated heterocycles. The molecule has 0 aliphatic carbocycles. The van der Waals surface area contributed by atoms with Crippen LogP contribution in [0, 0.1) is 0 Å². The molecule has 208 valence electrons. The molecule has 0 aliphatic rings. The van der Waals surface area contributed by atoms with Crippen molar-refractivity contribution in [2.24, 2.45) is 0 Å². The fourth-order valence-corrected chi connectivity index (χ4v) is 6.41. The van der Waals surface area contributed by atoms with Crippen molar-refractivity contribution >= 4 is 73.9 Å². The Morgan fingerprint density at radius 1 is 0.690 bits per heavy atom. The van der Waals surface area contributed by atoms with E-state index in [1.807, 2.05) is 91.0 Å². The van der Waals surface area contributed by atoms with Crippen molar-refractivity contribution in [2.75, 3.05) is 16.0 Å². The Hall–Kier alpha value is -4.59. The number of para-hydroxylation sites is 2. The first-order valence-corrected chi connectivity index (χ1v) is 15.1. The summed E-state index contributed by atoms with van der Waals surface area (Å²) in [5.41, 5.74) is 5.89. The molecule has 3 N–H and O–H groups in total. The minimum atomic E-state index is -0.432. The SMILES string of the molecule is CCn1c2ccccc2c2cc(NC(=O)C(Sc3ccc(NC(=S)Nc4ccccc4)cc3)c3ccccc3)ccc21. The highest BCUT2D eigenvalue weighted by Crippen LogP contribution is 2.37. The van der Waals surface area contributed by atoms with E-state index in [4.69, 9.17) is 12.2 Å². The van der Waals surface area contributed by atoms with E-state index in [0.717, 1.165) is 45.0 Å². The van der Waals surface area contributed by atoms with Gasteiger partial charge in [0.1, 0.15) is 5.25 Å². The lowest BCUT2D eigenvalue weighted by molar-refractivity contribution is -0.115. The number of aryl methyl sites for hydroxylation is 1. The molecule has 1 amide bonds. The number of hydrogen-bond acceptors (Lipinski definition) is 3. The first-order chi connectivity index (χ1) is 20.6. The van der Waals surface area contributed by atoms with E-state index in [-0.39, 0.29) is 5.91 Å². The van der Waals surface area contributed by atoms with Gasteiger partial charge in [-0.05, 0) is 85.4 Å². The summed E-state index contributed by atoms with van der Waals surface area (Å²) in [5.74, 6) is -0.0692. The van der Waals surface area contributed by atoms with Gasteiger partial charge in [-0.2, -0.15) is 0 Å². The number of thiocarbonyl (C=S) groups is 1. The van der Waals surface area contributed by atoms with Gasteiger partial charge in [-0.3, -0.25) is 4.79 Å². The van der Waals surface area contributed by atoms with E-state index >= 15 is 0 Å². The van der Waals surface area contributed by atoms with Crippen LogP contribution in [0.4, 0.5) is 17.1 Å². The Bertz CT molecular complexity index is 1850. The van der Waals surface area contributed by atoms with E-state index in [9.17, 15) is 4.79 Å². The molecular formula is C35H30N4OS2. The van der Waals surface area contributed by atoms with Gasteiger partial charge in [0.05, 0.1) is 0 Å². The molecular weight excluding hydrogens is 557 g/mol. The van der Waals surface area contributed by atoms with Crippen molar-refractivity contribution in [2.45, 2.75) is 23.6 Å². The zero-order valence-corrected chi connectivity index (χ0v) is 24.7. The maximum atomic E-state index is 13.8. The first kappa shape index (κ1) is 27.6. The van der Waals surface area contributed by atoms with Crippen LogP contribution in [-0.4, -0.2) is 15.6 Å². The molecule has 1 heterocycles. The second-order valence-corrected chi connectivity index (χ2v) is 11.4. The summed E-state index contributed by atoms with van der Waals surface area (Å²) in [4.78, 5) is 14.8. The summed E-state index contributed by atoms with van der Waals surface area (Å²) in [6, 6.07) is 42.2. The lowest BCUT2D eigenvalue weighted by atomic mass is 10.1. The van der Waals surface area contributed by atoms with Gasteiger partial charge in [0.25, 0.3) is 0 Å². The van der Waals surface area contributed by atoms with Crippen LogP contribution in [0.2, 0.25) is 0 Å². The van der Waals surface area contributed by atoms with Gasteiger partial charge in [-0.15, -0.1) is 11.8 Å². The molecule has 0 fully saturated rings. The van der Waals surface area contributed by atoms with Gasteiger partial charge >= 0.3 is 0 Å². The van der Waals surface area contributed by atoms with Gasteiger partial charge in [0.2, 0.25) is 5.91 Å². The molecule has 6 rings (SSSR count). The molecule has 7 heteroatoms. The highest BCUT2D eigenvalue weighted by Gasteiger charge is 2.23. The number of benzene rings is 5. The molecule has 1 unspecified atom stereocenters. The van der Waals surface area contributed by atoms with Crippen molar-refractivity contribution in [1.29, 1.82) is 0 Å². The third-order valence-electron chi connectivity index (χ3n) is 7.09. The van der Waals surface area contributed by atoms with Crippen LogP contribution in [0.3, 0.4) is 0 Å². The first-order valence-electron chi connectivity index (χ1n) is 13.9. The second-order valence-electron chi connectivity index (χ2n) is 9.86. The second kappa shape index (κ2) is 12.5. The highest BCUT2D eigenvalue weighted by molar-refractivity contribution is 8.00. The molecule has 5 nitrogen and oxygen atoms in total. The number of aromatic nitrogens is 1. The van der Waals surface area contributed by atoms with E-state index in [2.05, 4.69) is 63.8 Å². The highest BCUT2D eigenvalue weighted by atomic mass is 32.2. The summed E-state index contributed by atoms with van der Waals surface area (Å²) in [5, 5.41) is 12.0. The lowest BCUT2D eigenvalue weighted by Gasteiger charge is -2.18. The fraction of sp³-hybridized carbons (Fsp3) is 0.0857. The van der Waals surface area contributed by atoms with Crippen molar-refractivity contribution in [3.63, 3.8) is 0 Å². The number of rotatable bonds is 8. The maximum Gasteiger partial charge on any atom is 0.242 e. The van der Waals surface area contributed by atoms with Crippen LogP contribution < -0.4 is 16.0 Å². The third-order valence-corrected chi connectivity index (χ3v) is 8.56. The molecule has 1 atom stereocenters. The van der Waals surface area contributed by atoms with Gasteiger partial charge < -0.3 is 20.5 Å². The van der Waals surface area contributed by atoms with Crippen LogP contribution in [0.1, 0.15) is 17.7 Å². The summed E-state index contributed by atoms with van der Waals surface area (Å²) in [6.07, 6.45) is 0. The van der Waals surface area contributed by atoms with Crippen LogP contribution in [0.5, 0.6) is 0 Å². The largest absolute Gasteiger partial charge is 0.341 e. The average Bonchev–Trinajstić information content (AvgIpc) is 3.34. The number of anilines is 3. The number of nitrogens with one attached hydrogen (secondary N) is 3. The Balaban J connectivity index is 1.20. The van der Waals surface area contributed by atoms with Crippen LogP contribution >= 0.6 is 24.0 Å². The van der Waals surface area contributed by atoms with Gasteiger partial charge in [-0.25, -0.2) is 0 Å². The summed E-state index contributed by atoms with van der Waals surface area (Å²) in [7, 11) is 0. The molecule has 42 heavy (non-hydrogen) atoms. The molecule has 0 saturated carbocycles. The standard InChI is InChI=1S/C35H30N4OS2/c1-2-39-31-16-10-9-15-29(31)30-23-27(19-22-32(30)39)36-34(40)33(24-11-5-3-6-12-24)42-28-20-17-26(18-21-28)38-35(41)37-25-13-7-4-8-14-25/h3-23,33H,2H2,1H3,(H,36,40)(H2,37,38,41). The predicted molar refractivity (Wildman–Crippen MR) is 182 cm³/mol. The third kappa shape index (κ3) is 6.03. The molecule has 1 aromatic heterocycles. The van der Waals surface area contributed by atoms with Gasteiger partial charge in [-0.1, -0.05) is 66.7 Å². The van der Waals surface area contributed by atoms with Crippen molar-refractivity contribution < 1.29 is 4.79 Å². The van der Waals surface area contributed by atoms with E-state index < -0.39 is 5.25 Å². The van der Waals surface area contributed by atoms with Crippen LogP contribution in [-0.2, 0) is 11.3 Å². The Morgan fingerprint density at radius 2 is 1.29 bits per heavy atom. The number of fused-ring (bicyclic) bond motifs is 3. The lowest BCUT2D eigenvalue weighted by Crippen LogP contribution is -2.19. The zero-order valence-electron chi connectivity index (χ0n) is 23.1. The molecule has 0 bridgehead atoms. The van der Waals surface area contributed by atoms with Crippen LogP contribution in [0.25, 0.3) is 21.8 Å². The molecule has 5 aromatic carbocycles. The predicted octanol–water partition coefficient (Wildman–Crippen LogP) is 9.10. The smallest absolute Gasteiger partial charge is 0.242 e. The summed E-state index contributed by atoms with van der Waals surface area (Å²) < 4.78 is 2.31. The van der Waals surface area contributed by atoms with E-state index in [0.29, 0.717) is 5.11 Å². The average molecular weight is 587 g/mol.